The molecule has 2 aliphatic rings. The van der Waals surface area contributed by atoms with Gasteiger partial charge in [-0.05, 0) is 39.2 Å². The monoisotopic (exact) mass is 254 g/mol. The van der Waals surface area contributed by atoms with Crippen molar-refractivity contribution in [2.24, 2.45) is 5.92 Å². The number of carbonyl (C=O) groups is 2. The van der Waals surface area contributed by atoms with Crippen molar-refractivity contribution in [2.75, 3.05) is 19.8 Å². The van der Waals surface area contributed by atoms with E-state index in [4.69, 9.17) is 4.74 Å². The van der Waals surface area contributed by atoms with Gasteiger partial charge < -0.3 is 10.1 Å². The minimum absolute atomic E-state index is 0.0418. The van der Waals surface area contributed by atoms with Crippen LogP contribution in [0.3, 0.4) is 0 Å². The number of hydrogen-bond acceptors (Lipinski definition) is 4. The Balaban J connectivity index is 1.83. The molecule has 2 fully saturated rings. The highest BCUT2D eigenvalue weighted by Gasteiger charge is 2.39. The molecule has 5 heteroatoms. The third-order valence-electron chi connectivity index (χ3n) is 3.69. The molecule has 0 aromatic rings. The van der Waals surface area contributed by atoms with Crippen molar-refractivity contribution in [3.05, 3.63) is 0 Å². The summed E-state index contributed by atoms with van der Waals surface area (Å²) in [5.74, 6) is 0.441. The molecule has 5 nitrogen and oxygen atoms in total. The van der Waals surface area contributed by atoms with Crippen LogP contribution in [0.5, 0.6) is 0 Å². The topological polar surface area (TPSA) is 58.6 Å². The van der Waals surface area contributed by atoms with Gasteiger partial charge in [0.15, 0.2) is 0 Å². The van der Waals surface area contributed by atoms with Gasteiger partial charge in [-0.1, -0.05) is 0 Å². The van der Waals surface area contributed by atoms with Crippen molar-refractivity contribution in [1.82, 2.24) is 10.2 Å². The first-order valence-electron chi connectivity index (χ1n) is 6.76. The Labute approximate surface area is 108 Å². The van der Waals surface area contributed by atoms with Crippen LogP contribution in [-0.4, -0.2) is 48.6 Å². The molecule has 0 aromatic carbocycles. The minimum Gasteiger partial charge on any atom is -0.381 e. The second-order valence-corrected chi connectivity index (χ2v) is 5.42. The van der Waals surface area contributed by atoms with Crippen molar-refractivity contribution in [2.45, 2.75) is 45.2 Å². The largest absolute Gasteiger partial charge is 0.381 e. The van der Waals surface area contributed by atoms with E-state index in [2.05, 4.69) is 5.32 Å². The Morgan fingerprint density at radius 3 is 2.56 bits per heavy atom. The van der Waals surface area contributed by atoms with Crippen LogP contribution in [0.2, 0.25) is 0 Å². The molecule has 1 atom stereocenters. The molecule has 2 saturated heterocycles. The average molecular weight is 254 g/mol. The van der Waals surface area contributed by atoms with Crippen LogP contribution >= 0.6 is 0 Å². The summed E-state index contributed by atoms with van der Waals surface area (Å²) in [6.07, 6.45) is 2.38. The maximum absolute atomic E-state index is 12.0. The highest BCUT2D eigenvalue weighted by atomic mass is 16.5. The Morgan fingerprint density at radius 2 is 2.00 bits per heavy atom. The van der Waals surface area contributed by atoms with Gasteiger partial charge in [-0.3, -0.25) is 14.5 Å². The molecule has 0 aromatic heterocycles. The molecular weight excluding hydrogens is 232 g/mol. The second kappa shape index (κ2) is 5.80. The highest BCUT2D eigenvalue weighted by molar-refractivity contribution is 6.05. The zero-order valence-corrected chi connectivity index (χ0v) is 11.1. The molecule has 18 heavy (non-hydrogen) atoms. The number of nitrogens with one attached hydrogen (secondary N) is 1. The zero-order chi connectivity index (χ0) is 13.1. The molecule has 2 amide bonds. The number of imide groups is 1. The van der Waals surface area contributed by atoms with Crippen LogP contribution < -0.4 is 5.32 Å². The fourth-order valence-corrected chi connectivity index (χ4v) is 2.61. The molecule has 1 N–H and O–H groups in total. The number of likely N-dealkylation sites (tertiary alicyclic amines) is 1. The first kappa shape index (κ1) is 13.5. The fraction of sp³-hybridized carbons (Fsp3) is 0.846. The Bertz CT molecular complexity index is 324. The maximum atomic E-state index is 12.0. The van der Waals surface area contributed by atoms with Gasteiger partial charge in [0.1, 0.15) is 0 Å². The van der Waals surface area contributed by atoms with Gasteiger partial charge >= 0.3 is 0 Å². The van der Waals surface area contributed by atoms with Crippen LogP contribution in [0, 0.1) is 5.92 Å². The molecular formula is C13H22N2O3. The molecule has 0 aliphatic carbocycles. The predicted molar refractivity (Wildman–Crippen MR) is 66.9 cm³/mol. The average Bonchev–Trinajstić information content (AvgIpc) is 2.63. The standard InChI is InChI=1S/C13H22N2O3/c1-9(2)15-12(16)7-11(13(15)17)14-8-10-3-5-18-6-4-10/h9-11,14H,3-8H2,1-2H3. The number of hydrogen-bond donors (Lipinski definition) is 1. The summed E-state index contributed by atoms with van der Waals surface area (Å²) >= 11 is 0. The van der Waals surface area contributed by atoms with E-state index >= 15 is 0 Å². The molecule has 2 heterocycles. The van der Waals surface area contributed by atoms with Crippen LogP contribution in [0.4, 0.5) is 0 Å². The Morgan fingerprint density at radius 1 is 1.33 bits per heavy atom. The molecule has 2 aliphatic heterocycles. The van der Waals surface area contributed by atoms with E-state index in [1.807, 2.05) is 13.8 Å². The first-order chi connectivity index (χ1) is 8.59. The number of carbonyl (C=O) groups excluding carboxylic acids is 2. The fourth-order valence-electron chi connectivity index (χ4n) is 2.61. The summed E-state index contributed by atoms with van der Waals surface area (Å²) in [5, 5.41) is 3.25. The Kier molecular flexibility index (Phi) is 4.35. The van der Waals surface area contributed by atoms with Crippen molar-refractivity contribution in [3.63, 3.8) is 0 Å². The van der Waals surface area contributed by atoms with Gasteiger partial charge in [0, 0.05) is 19.3 Å². The van der Waals surface area contributed by atoms with Crippen LogP contribution in [0.1, 0.15) is 33.1 Å². The van der Waals surface area contributed by atoms with E-state index in [9.17, 15) is 9.59 Å². The number of nitrogens with zero attached hydrogens (tertiary/aromatic N) is 1. The van der Waals surface area contributed by atoms with Crippen molar-refractivity contribution < 1.29 is 14.3 Å². The van der Waals surface area contributed by atoms with Gasteiger partial charge in [-0.2, -0.15) is 0 Å². The zero-order valence-electron chi connectivity index (χ0n) is 11.1. The summed E-state index contributed by atoms with van der Waals surface area (Å²) in [6.45, 7) is 6.16. The van der Waals surface area contributed by atoms with Gasteiger partial charge in [-0.25, -0.2) is 0 Å². The second-order valence-electron chi connectivity index (χ2n) is 5.42. The van der Waals surface area contributed by atoms with E-state index in [0.29, 0.717) is 12.3 Å². The number of rotatable bonds is 4. The molecule has 0 bridgehead atoms. The van der Waals surface area contributed by atoms with Crippen LogP contribution in [0.15, 0.2) is 0 Å². The van der Waals surface area contributed by atoms with E-state index in [1.54, 1.807) is 0 Å². The summed E-state index contributed by atoms with van der Waals surface area (Å²) in [7, 11) is 0. The molecule has 2 rings (SSSR count). The number of ether oxygens (including phenoxy) is 1. The van der Waals surface area contributed by atoms with Crippen LogP contribution in [0.25, 0.3) is 0 Å². The van der Waals surface area contributed by atoms with Gasteiger partial charge in [0.05, 0.1) is 12.5 Å². The Hall–Kier alpha value is -0.940. The third-order valence-corrected chi connectivity index (χ3v) is 3.69. The van der Waals surface area contributed by atoms with Crippen molar-refractivity contribution >= 4 is 11.8 Å². The van der Waals surface area contributed by atoms with Crippen LogP contribution in [-0.2, 0) is 14.3 Å². The predicted octanol–water partition coefficient (Wildman–Crippen LogP) is 0.538. The summed E-state index contributed by atoms with van der Waals surface area (Å²) < 4.78 is 5.30. The highest BCUT2D eigenvalue weighted by Crippen LogP contribution is 2.18. The van der Waals surface area contributed by atoms with Gasteiger partial charge in [0.25, 0.3) is 0 Å². The third kappa shape index (κ3) is 2.90. The van der Waals surface area contributed by atoms with Crippen molar-refractivity contribution in [1.29, 1.82) is 0 Å². The SMILES string of the molecule is CC(C)N1C(=O)CC(NCC2CCOCC2)C1=O. The summed E-state index contributed by atoms with van der Waals surface area (Å²) in [4.78, 5) is 25.2. The quantitative estimate of drug-likeness (QED) is 0.744. The van der Waals surface area contributed by atoms with E-state index < -0.39 is 0 Å². The molecule has 102 valence electrons. The molecule has 0 radical (unpaired) electrons. The lowest BCUT2D eigenvalue weighted by Gasteiger charge is -2.24. The van der Waals surface area contributed by atoms with E-state index in [-0.39, 0.29) is 23.9 Å². The molecule has 0 spiro atoms. The summed E-state index contributed by atoms with van der Waals surface area (Å²) in [5.41, 5.74) is 0. The van der Waals surface area contributed by atoms with E-state index in [0.717, 1.165) is 32.6 Å². The van der Waals surface area contributed by atoms with Gasteiger partial charge in [-0.15, -0.1) is 0 Å². The summed E-state index contributed by atoms with van der Waals surface area (Å²) in [6, 6.07) is -0.359. The molecule has 0 saturated carbocycles. The first-order valence-corrected chi connectivity index (χ1v) is 6.76. The lowest BCUT2D eigenvalue weighted by Crippen LogP contribution is -2.43. The van der Waals surface area contributed by atoms with E-state index in [1.165, 1.54) is 4.90 Å². The minimum atomic E-state index is -0.317. The molecule has 1 unspecified atom stereocenters. The normalized spacial score (nSPS) is 26.4. The smallest absolute Gasteiger partial charge is 0.247 e. The van der Waals surface area contributed by atoms with Crippen molar-refractivity contribution in [3.8, 4) is 0 Å². The maximum Gasteiger partial charge on any atom is 0.247 e. The lowest BCUT2D eigenvalue weighted by atomic mass is 10.00. The van der Waals surface area contributed by atoms with Gasteiger partial charge in [0.2, 0.25) is 11.8 Å². The number of amides is 2. The lowest BCUT2D eigenvalue weighted by molar-refractivity contribution is -0.140.